The number of rotatable bonds is 9. The summed E-state index contributed by atoms with van der Waals surface area (Å²) in [6.45, 7) is 0.739. The Morgan fingerprint density at radius 3 is 2.53 bits per heavy atom. The van der Waals surface area contributed by atoms with Crippen LogP contribution >= 0.6 is 0 Å². The number of hydrogen-bond acceptors (Lipinski definition) is 6. The Balaban J connectivity index is 1.31. The summed E-state index contributed by atoms with van der Waals surface area (Å²) < 4.78 is 19.3. The van der Waals surface area contributed by atoms with Crippen molar-refractivity contribution < 1.29 is 19.0 Å². The van der Waals surface area contributed by atoms with Crippen LogP contribution in [-0.2, 0) is 13.3 Å². The van der Waals surface area contributed by atoms with Gasteiger partial charge < -0.3 is 19.5 Å². The van der Waals surface area contributed by atoms with Crippen molar-refractivity contribution in [1.29, 1.82) is 0 Å². The zero-order chi connectivity index (χ0) is 22.3. The Morgan fingerprint density at radius 1 is 0.969 bits per heavy atom. The number of benzene rings is 2. The van der Waals surface area contributed by atoms with Crippen molar-refractivity contribution in [3.05, 3.63) is 84.4 Å². The predicted octanol–water partition coefficient (Wildman–Crippen LogP) is 3.43. The summed E-state index contributed by atoms with van der Waals surface area (Å²) in [6, 6.07) is 16.6. The molecule has 0 unspecified atom stereocenters. The highest BCUT2D eigenvalue weighted by Crippen LogP contribution is 2.18. The first-order chi connectivity index (χ1) is 15.6. The van der Waals surface area contributed by atoms with Crippen molar-refractivity contribution in [2.75, 3.05) is 19.5 Å². The molecule has 0 aliphatic rings. The van der Waals surface area contributed by atoms with E-state index in [0.717, 1.165) is 17.1 Å². The standard InChI is InChI=1S/C23H23N5O4/c1-30-19-6-8-20(9-7-19)32-16-27-11-10-22(26-27)23(29)25-18-13-24-28(15-18)14-17-4-3-5-21(12-17)31-2/h3-13,15H,14,16H2,1-2H3,(H,25,29). The SMILES string of the molecule is COc1ccc(OCn2ccc(C(=O)Nc3cnn(Cc4cccc(OC)c4)c3)n2)cc1. The Bertz CT molecular complexity index is 1180. The van der Waals surface area contributed by atoms with Crippen molar-refractivity contribution in [1.82, 2.24) is 19.6 Å². The van der Waals surface area contributed by atoms with Crippen LogP contribution in [0.1, 0.15) is 16.1 Å². The van der Waals surface area contributed by atoms with Crippen LogP contribution in [0.5, 0.6) is 17.2 Å². The molecule has 164 valence electrons. The van der Waals surface area contributed by atoms with E-state index in [4.69, 9.17) is 14.2 Å². The van der Waals surface area contributed by atoms with Crippen LogP contribution < -0.4 is 19.5 Å². The molecular weight excluding hydrogens is 410 g/mol. The minimum Gasteiger partial charge on any atom is -0.497 e. The van der Waals surface area contributed by atoms with Crippen LogP contribution in [0.25, 0.3) is 0 Å². The number of amides is 1. The Labute approximate surface area is 185 Å². The number of aromatic nitrogens is 4. The van der Waals surface area contributed by atoms with Crippen molar-refractivity contribution in [2.24, 2.45) is 0 Å². The molecule has 1 amide bonds. The van der Waals surface area contributed by atoms with Crippen LogP contribution in [0.3, 0.4) is 0 Å². The zero-order valence-electron chi connectivity index (χ0n) is 17.8. The van der Waals surface area contributed by atoms with E-state index in [9.17, 15) is 4.79 Å². The number of methoxy groups -OCH3 is 2. The number of carbonyl (C=O) groups excluding carboxylic acids is 1. The Hall–Kier alpha value is -4.27. The predicted molar refractivity (Wildman–Crippen MR) is 118 cm³/mol. The molecule has 4 aromatic rings. The average molecular weight is 433 g/mol. The highest BCUT2D eigenvalue weighted by atomic mass is 16.5. The fourth-order valence-electron chi connectivity index (χ4n) is 3.03. The molecule has 1 N–H and O–H groups in total. The summed E-state index contributed by atoms with van der Waals surface area (Å²) in [4.78, 5) is 12.5. The van der Waals surface area contributed by atoms with Gasteiger partial charge in [0.2, 0.25) is 0 Å². The third-order valence-electron chi connectivity index (χ3n) is 4.67. The molecule has 0 aliphatic heterocycles. The normalized spacial score (nSPS) is 10.6. The summed E-state index contributed by atoms with van der Waals surface area (Å²) in [7, 11) is 3.24. The van der Waals surface area contributed by atoms with E-state index in [2.05, 4.69) is 15.5 Å². The first-order valence-electron chi connectivity index (χ1n) is 9.90. The number of ether oxygens (including phenoxy) is 3. The first kappa shape index (κ1) is 21.0. The van der Waals surface area contributed by atoms with Crippen molar-refractivity contribution in [3.63, 3.8) is 0 Å². The van der Waals surface area contributed by atoms with Gasteiger partial charge in [0.1, 0.15) is 17.2 Å². The molecule has 4 rings (SSSR count). The molecule has 32 heavy (non-hydrogen) atoms. The van der Waals surface area contributed by atoms with Gasteiger partial charge in [0, 0.05) is 12.4 Å². The maximum Gasteiger partial charge on any atom is 0.276 e. The van der Waals surface area contributed by atoms with E-state index in [0.29, 0.717) is 18.0 Å². The number of hydrogen-bond donors (Lipinski definition) is 1. The average Bonchev–Trinajstić information content (AvgIpc) is 3.48. The molecule has 2 aromatic carbocycles. The van der Waals surface area contributed by atoms with E-state index in [-0.39, 0.29) is 18.3 Å². The lowest BCUT2D eigenvalue weighted by molar-refractivity contribution is 0.102. The van der Waals surface area contributed by atoms with Crippen LogP contribution in [0, 0.1) is 0 Å². The highest BCUT2D eigenvalue weighted by Gasteiger charge is 2.11. The number of anilines is 1. The smallest absolute Gasteiger partial charge is 0.276 e. The van der Waals surface area contributed by atoms with Crippen LogP contribution in [0.2, 0.25) is 0 Å². The zero-order valence-corrected chi connectivity index (χ0v) is 17.8. The van der Waals surface area contributed by atoms with Crippen molar-refractivity contribution in [3.8, 4) is 17.2 Å². The van der Waals surface area contributed by atoms with Crippen LogP contribution in [-0.4, -0.2) is 39.7 Å². The van der Waals surface area contributed by atoms with Gasteiger partial charge in [-0.1, -0.05) is 12.1 Å². The van der Waals surface area contributed by atoms with Gasteiger partial charge in [-0.15, -0.1) is 0 Å². The summed E-state index contributed by atoms with van der Waals surface area (Å²) in [6.07, 6.45) is 5.05. The lowest BCUT2D eigenvalue weighted by Crippen LogP contribution is -2.14. The van der Waals surface area contributed by atoms with Gasteiger partial charge in [-0.2, -0.15) is 10.2 Å². The number of carbonyl (C=O) groups is 1. The van der Waals surface area contributed by atoms with E-state index < -0.39 is 0 Å². The van der Waals surface area contributed by atoms with Crippen LogP contribution in [0.4, 0.5) is 5.69 Å². The third kappa shape index (κ3) is 5.25. The molecule has 0 fully saturated rings. The lowest BCUT2D eigenvalue weighted by atomic mass is 10.2. The quantitative estimate of drug-likeness (QED) is 0.435. The molecule has 9 nitrogen and oxygen atoms in total. The molecule has 0 aliphatic carbocycles. The van der Waals surface area contributed by atoms with Gasteiger partial charge in [-0.05, 0) is 48.0 Å². The molecule has 9 heteroatoms. The maximum atomic E-state index is 12.5. The molecule has 0 radical (unpaired) electrons. The van der Waals surface area contributed by atoms with Gasteiger partial charge in [0.25, 0.3) is 5.91 Å². The minimum absolute atomic E-state index is 0.179. The summed E-state index contributed by atoms with van der Waals surface area (Å²) in [5.41, 5.74) is 1.91. The van der Waals surface area contributed by atoms with E-state index in [1.165, 1.54) is 0 Å². The fraction of sp³-hybridized carbons (Fsp3) is 0.174. The molecule has 2 heterocycles. The summed E-state index contributed by atoms with van der Waals surface area (Å²) in [5.74, 6) is 1.89. The van der Waals surface area contributed by atoms with Gasteiger partial charge >= 0.3 is 0 Å². The second-order valence-corrected chi connectivity index (χ2v) is 6.92. The topological polar surface area (TPSA) is 92.4 Å². The Kier molecular flexibility index (Phi) is 6.35. The maximum absolute atomic E-state index is 12.5. The van der Waals surface area contributed by atoms with Gasteiger partial charge in [0.15, 0.2) is 12.4 Å². The minimum atomic E-state index is -0.325. The largest absolute Gasteiger partial charge is 0.497 e. The Morgan fingerprint density at radius 2 is 1.75 bits per heavy atom. The molecule has 0 spiro atoms. The second kappa shape index (κ2) is 9.69. The van der Waals surface area contributed by atoms with E-state index >= 15 is 0 Å². The van der Waals surface area contributed by atoms with E-state index in [1.807, 2.05) is 36.4 Å². The summed E-state index contributed by atoms with van der Waals surface area (Å²) in [5, 5.41) is 11.4. The van der Waals surface area contributed by atoms with E-state index in [1.54, 1.807) is 60.4 Å². The number of nitrogens with zero attached hydrogens (tertiary/aromatic N) is 4. The molecule has 0 saturated carbocycles. The highest BCUT2D eigenvalue weighted by molar-refractivity contribution is 6.02. The summed E-state index contributed by atoms with van der Waals surface area (Å²) >= 11 is 0. The van der Waals surface area contributed by atoms with Gasteiger partial charge in [-0.3, -0.25) is 9.48 Å². The van der Waals surface area contributed by atoms with Crippen LogP contribution in [0.15, 0.2) is 73.2 Å². The fourth-order valence-corrected chi connectivity index (χ4v) is 3.03. The van der Waals surface area contributed by atoms with Gasteiger partial charge in [0.05, 0.1) is 32.6 Å². The third-order valence-corrected chi connectivity index (χ3v) is 4.67. The van der Waals surface area contributed by atoms with Crippen molar-refractivity contribution in [2.45, 2.75) is 13.3 Å². The second-order valence-electron chi connectivity index (χ2n) is 6.92. The molecule has 0 atom stereocenters. The number of nitrogens with one attached hydrogen (secondary N) is 1. The lowest BCUT2D eigenvalue weighted by Gasteiger charge is -2.07. The molecule has 0 saturated heterocycles. The first-order valence-corrected chi connectivity index (χ1v) is 9.90. The molecule has 2 aromatic heterocycles. The monoisotopic (exact) mass is 433 g/mol. The molecular formula is C23H23N5O4. The van der Waals surface area contributed by atoms with Crippen molar-refractivity contribution >= 4 is 11.6 Å². The molecule has 0 bridgehead atoms. The van der Waals surface area contributed by atoms with Gasteiger partial charge in [-0.25, -0.2) is 4.68 Å².